The molecule has 2 aromatic heterocycles. The van der Waals surface area contributed by atoms with E-state index in [1.165, 1.54) is 22.8 Å². The van der Waals surface area contributed by atoms with Crippen LogP contribution in [0.4, 0.5) is 0 Å². The SMILES string of the molecule is Cc1cn(C(=O)c2c(-c3c(Cl)cc(Cl)cc3Cl)noc2C2(C#N)CCC2)c2cccc(/C=C/C(=O)OCC(Cl)(Cl)Cl)c12. The molecule has 1 fully saturated rings. The van der Waals surface area contributed by atoms with E-state index in [-0.39, 0.29) is 32.6 Å². The first-order chi connectivity index (χ1) is 19.8. The largest absolute Gasteiger partial charge is 0.458 e. The summed E-state index contributed by atoms with van der Waals surface area (Å²) in [6.07, 6.45) is 6.23. The maximum atomic E-state index is 14.4. The highest BCUT2D eigenvalue weighted by Gasteiger charge is 2.47. The quantitative estimate of drug-likeness (QED) is 0.114. The van der Waals surface area contributed by atoms with Crippen molar-refractivity contribution >= 4 is 98.5 Å². The molecule has 0 saturated heterocycles. The van der Waals surface area contributed by atoms with Crippen molar-refractivity contribution in [3.8, 4) is 17.3 Å². The second kappa shape index (κ2) is 11.8. The topological polar surface area (TPSA) is 98.1 Å². The third-order valence-corrected chi connectivity index (χ3v) is 8.19. The lowest BCUT2D eigenvalue weighted by Crippen LogP contribution is -2.34. The highest BCUT2D eigenvalue weighted by Crippen LogP contribution is 2.48. The van der Waals surface area contributed by atoms with E-state index in [0.29, 0.717) is 34.3 Å². The number of nitrogens with zero attached hydrogens (tertiary/aromatic N) is 3. The molecule has 5 rings (SSSR count). The van der Waals surface area contributed by atoms with Crippen molar-refractivity contribution in [2.75, 3.05) is 6.61 Å². The lowest BCUT2D eigenvalue weighted by molar-refractivity contribution is -0.137. The Morgan fingerprint density at radius 2 is 1.88 bits per heavy atom. The summed E-state index contributed by atoms with van der Waals surface area (Å²) >= 11 is 36.1. The molecule has 1 aliphatic carbocycles. The fraction of sp³-hybridized carbons (Fsp3) is 0.241. The van der Waals surface area contributed by atoms with Crippen molar-refractivity contribution in [1.82, 2.24) is 9.72 Å². The second-order valence-corrected chi connectivity index (χ2v) is 13.6. The number of esters is 1. The minimum absolute atomic E-state index is 0.0792. The van der Waals surface area contributed by atoms with Crippen LogP contribution < -0.4 is 0 Å². The second-order valence-electron chi connectivity index (χ2n) is 9.81. The fourth-order valence-electron chi connectivity index (χ4n) is 4.98. The van der Waals surface area contributed by atoms with Crippen molar-refractivity contribution in [2.45, 2.75) is 35.4 Å². The van der Waals surface area contributed by atoms with E-state index in [1.807, 2.05) is 6.92 Å². The predicted molar refractivity (Wildman–Crippen MR) is 165 cm³/mol. The first-order valence-corrected chi connectivity index (χ1v) is 14.8. The first-order valence-electron chi connectivity index (χ1n) is 12.5. The smallest absolute Gasteiger partial charge is 0.330 e. The zero-order valence-corrected chi connectivity index (χ0v) is 26.2. The van der Waals surface area contributed by atoms with Gasteiger partial charge in [-0.3, -0.25) is 9.36 Å². The number of aryl methyl sites for hydroxylation is 1. The van der Waals surface area contributed by atoms with Gasteiger partial charge in [-0.25, -0.2) is 4.79 Å². The van der Waals surface area contributed by atoms with E-state index in [1.54, 1.807) is 30.5 Å². The molecule has 0 radical (unpaired) electrons. The van der Waals surface area contributed by atoms with Gasteiger partial charge in [0, 0.05) is 28.2 Å². The molecule has 0 N–H and O–H groups in total. The number of carbonyl (C=O) groups is 2. The molecule has 2 aromatic carbocycles. The predicted octanol–water partition coefficient (Wildman–Crippen LogP) is 9.13. The number of hydrogen-bond donors (Lipinski definition) is 0. The minimum Gasteiger partial charge on any atom is -0.458 e. The Morgan fingerprint density at radius 1 is 1.19 bits per heavy atom. The van der Waals surface area contributed by atoms with Crippen LogP contribution >= 0.6 is 69.6 Å². The zero-order chi connectivity index (χ0) is 30.4. The van der Waals surface area contributed by atoms with E-state index >= 15 is 0 Å². The van der Waals surface area contributed by atoms with E-state index in [0.717, 1.165) is 12.0 Å². The highest BCUT2D eigenvalue weighted by molar-refractivity contribution is 6.67. The van der Waals surface area contributed by atoms with Crippen molar-refractivity contribution < 1.29 is 18.8 Å². The molecule has 2 heterocycles. The molecule has 216 valence electrons. The van der Waals surface area contributed by atoms with Gasteiger partial charge in [0.05, 0.1) is 21.6 Å². The monoisotopic (exact) mass is 683 g/mol. The number of carbonyl (C=O) groups excluding carboxylic acids is 2. The molecule has 1 aliphatic rings. The van der Waals surface area contributed by atoms with Gasteiger partial charge in [-0.1, -0.05) is 86.9 Å². The summed E-state index contributed by atoms with van der Waals surface area (Å²) in [6.45, 7) is 1.42. The van der Waals surface area contributed by atoms with Gasteiger partial charge < -0.3 is 9.26 Å². The number of halogens is 6. The zero-order valence-electron chi connectivity index (χ0n) is 21.7. The summed E-state index contributed by atoms with van der Waals surface area (Å²) in [5, 5.41) is 15.7. The van der Waals surface area contributed by atoms with Gasteiger partial charge in [0.15, 0.2) is 5.76 Å². The van der Waals surface area contributed by atoms with E-state index in [9.17, 15) is 14.9 Å². The van der Waals surface area contributed by atoms with Crippen molar-refractivity contribution in [3.63, 3.8) is 0 Å². The highest BCUT2D eigenvalue weighted by atomic mass is 35.6. The number of ether oxygens (including phenoxy) is 1. The van der Waals surface area contributed by atoms with Gasteiger partial charge in [-0.15, -0.1) is 0 Å². The Hall–Kier alpha value is -2.70. The molecule has 0 amide bonds. The average Bonchev–Trinajstić information content (AvgIpc) is 3.47. The Kier molecular flexibility index (Phi) is 8.61. The van der Waals surface area contributed by atoms with Crippen LogP contribution in [-0.4, -0.2) is 32.0 Å². The summed E-state index contributed by atoms with van der Waals surface area (Å²) < 4.78 is 10.4. The molecule has 7 nitrogen and oxygen atoms in total. The number of aromatic nitrogens is 2. The third kappa shape index (κ3) is 5.77. The van der Waals surface area contributed by atoms with Crippen molar-refractivity contribution in [1.29, 1.82) is 5.26 Å². The fourth-order valence-corrected chi connectivity index (χ4v) is 6.14. The molecule has 0 unspecified atom stereocenters. The lowest BCUT2D eigenvalue weighted by Gasteiger charge is -2.33. The molecule has 0 atom stereocenters. The molecule has 13 heteroatoms. The van der Waals surface area contributed by atoms with Crippen LogP contribution in [-0.2, 0) is 14.9 Å². The van der Waals surface area contributed by atoms with Gasteiger partial charge in [-0.05, 0) is 61.6 Å². The molecule has 0 aliphatic heterocycles. The summed E-state index contributed by atoms with van der Waals surface area (Å²) in [4.78, 5) is 26.6. The average molecular weight is 686 g/mol. The van der Waals surface area contributed by atoms with Crippen LogP contribution in [0.25, 0.3) is 28.2 Å². The third-order valence-electron chi connectivity index (χ3n) is 7.05. The Morgan fingerprint density at radius 3 is 2.48 bits per heavy atom. The normalized spacial score (nSPS) is 14.6. The first kappa shape index (κ1) is 30.7. The summed E-state index contributed by atoms with van der Waals surface area (Å²) in [5.74, 6) is -1.04. The molecule has 1 saturated carbocycles. The van der Waals surface area contributed by atoms with Crippen LogP contribution in [0.3, 0.4) is 0 Å². The molecule has 42 heavy (non-hydrogen) atoms. The summed E-state index contributed by atoms with van der Waals surface area (Å²) in [7, 11) is 0. The van der Waals surface area contributed by atoms with E-state index in [4.69, 9.17) is 78.9 Å². The minimum atomic E-state index is -1.73. The van der Waals surface area contributed by atoms with Gasteiger partial charge in [0.25, 0.3) is 5.91 Å². The Bertz CT molecular complexity index is 1790. The standard InChI is InChI=1S/C29H19Cl6N3O4/c1-15-12-38(20-5-2-4-16(22(15)20)6-7-21(39)41-14-29(33,34)35)27(40)24-25(23-18(31)10-17(30)11-19(23)32)37-42-26(24)28(13-36)8-3-9-28/h2,4-7,10-12H,3,8-9,14H2,1H3/b7-6+. The number of alkyl halides is 3. The molecule has 0 bridgehead atoms. The molecular formula is C29H19Cl6N3O4. The van der Waals surface area contributed by atoms with Crippen molar-refractivity contribution in [3.05, 3.63) is 80.1 Å². The Balaban J connectivity index is 1.63. The van der Waals surface area contributed by atoms with E-state index < -0.39 is 27.7 Å². The number of nitriles is 1. The van der Waals surface area contributed by atoms with Crippen molar-refractivity contribution in [2.24, 2.45) is 0 Å². The number of rotatable bonds is 6. The van der Waals surface area contributed by atoms with Crippen LogP contribution in [0.2, 0.25) is 15.1 Å². The molecule has 0 spiro atoms. The van der Waals surface area contributed by atoms with Gasteiger partial charge in [0.2, 0.25) is 3.79 Å². The molecule has 4 aromatic rings. The Labute approximate surface area is 270 Å². The lowest BCUT2D eigenvalue weighted by atomic mass is 9.67. The maximum absolute atomic E-state index is 14.4. The van der Waals surface area contributed by atoms with E-state index in [2.05, 4.69) is 11.2 Å². The van der Waals surface area contributed by atoms with Crippen LogP contribution in [0.15, 0.2) is 47.1 Å². The van der Waals surface area contributed by atoms with Crippen LogP contribution in [0, 0.1) is 18.3 Å². The van der Waals surface area contributed by atoms with Gasteiger partial charge >= 0.3 is 5.97 Å². The van der Waals surface area contributed by atoms with Crippen LogP contribution in [0.1, 0.15) is 46.5 Å². The maximum Gasteiger partial charge on any atom is 0.330 e. The summed E-state index contributed by atoms with van der Waals surface area (Å²) in [5.41, 5.74) is 1.36. The number of hydrogen-bond acceptors (Lipinski definition) is 6. The number of benzene rings is 2. The summed E-state index contributed by atoms with van der Waals surface area (Å²) in [6, 6.07) is 10.6. The van der Waals surface area contributed by atoms with Gasteiger partial charge in [0.1, 0.15) is 23.3 Å². The molecular weight excluding hydrogens is 667 g/mol. The number of fused-ring (bicyclic) bond motifs is 1. The van der Waals surface area contributed by atoms with Gasteiger partial charge in [-0.2, -0.15) is 5.26 Å². The van der Waals surface area contributed by atoms with Crippen LogP contribution in [0.5, 0.6) is 0 Å².